The first-order chi connectivity index (χ1) is 10.1. The van der Waals surface area contributed by atoms with Crippen LogP contribution in [-0.4, -0.2) is 16.9 Å². The van der Waals surface area contributed by atoms with E-state index in [9.17, 15) is 13.6 Å². The fourth-order valence-corrected chi connectivity index (χ4v) is 2.55. The fraction of sp³-hybridized carbons (Fsp3) is 0.200. The van der Waals surface area contributed by atoms with E-state index in [-0.39, 0.29) is 28.5 Å². The average Bonchev–Trinajstić information content (AvgIpc) is 3.18. The van der Waals surface area contributed by atoms with Gasteiger partial charge in [-0.05, 0) is 24.6 Å². The van der Waals surface area contributed by atoms with Crippen LogP contribution in [0.2, 0.25) is 5.02 Å². The van der Waals surface area contributed by atoms with Crippen LogP contribution in [-0.2, 0) is 0 Å². The minimum Gasteiger partial charge on any atom is -0.349 e. The van der Waals surface area contributed by atoms with Crippen molar-refractivity contribution < 1.29 is 13.6 Å². The van der Waals surface area contributed by atoms with Crippen LogP contribution >= 0.6 is 11.6 Å². The largest absolute Gasteiger partial charge is 0.349 e. The molecule has 0 saturated heterocycles. The molecule has 1 aliphatic carbocycles. The van der Waals surface area contributed by atoms with E-state index in [1.54, 1.807) is 0 Å². The van der Waals surface area contributed by atoms with Crippen LogP contribution in [0.15, 0.2) is 36.7 Å². The third-order valence-electron chi connectivity index (χ3n) is 3.49. The molecular weight excluding hydrogens is 298 g/mol. The van der Waals surface area contributed by atoms with Crippen molar-refractivity contribution >= 4 is 17.5 Å². The molecule has 1 aromatic carbocycles. The summed E-state index contributed by atoms with van der Waals surface area (Å²) in [5.41, 5.74) is 0.329. The van der Waals surface area contributed by atoms with Crippen molar-refractivity contribution in [2.45, 2.75) is 18.4 Å². The minimum absolute atomic E-state index is 0.0311. The topological polar surface area (TPSA) is 42.0 Å². The second-order valence-electron chi connectivity index (χ2n) is 4.91. The maximum Gasteiger partial charge on any atom is 0.253 e. The van der Waals surface area contributed by atoms with Gasteiger partial charge in [-0.2, -0.15) is 0 Å². The highest BCUT2D eigenvalue weighted by atomic mass is 35.5. The standard InChI is InChI=1S/C15H11ClF2N2O/c16-10-7-19-5-4-8(10)15(21)20-13-6-9(13)14-11(17)2-1-3-12(14)18/h1-5,7,9,13H,6H2,(H,20,21)/t9-,13-/m0/s1. The zero-order chi connectivity index (χ0) is 15.0. The van der Waals surface area contributed by atoms with E-state index in [0.717, 1.165) is 0 Å². The first kappa shape index (κ1) is 13.9. The Kier molecular flexibility index (Phi) is 3.59. The second-order valence-corrected chi connectivity index (χ2v) is 5.32. The maximum atomic E-state index is 13.7. The van der Waals surface area contributed by atoms with Gasteiger partial charge in [-0.25, -0.2) is 8.78 Å². The Morgan fingerprint density at radius 2 is 2.00 bits per heavy atom. The normalized spacial score (nSPS) is 20.1. The molecular formula is C15H11ClF2N2O. The fourth-order valence-electron chi connectivity index (χ4n) is 2.34. The molecule has 0 spiro atoms. The van der Waals surface area contributed by atoms with Gasteiger partial charge in [0.25, 0.3) is 5.91 Å². The van der Waals surface area contributed by atoms with E-state index in [1.165, 1.54) is 36.7 Å². The van der Waals surface area contributed by atoms with Gasteiger partial charge in [0, 0.05) is 29.9 Å². The molecule has 1 N–H and O–H groups in total. The maximum absolute atomic E-state index is 13.7. The van der Waals surface area contributed by atoms with Crippen molar-refractivity contribution in [3.05, 3.63) is 64.4 Å². The number of hydrogen-bond acceptors (Lipinski definition) is 2. The summed E-state index contributed by atoms with van der Waals surface area (Å²) in [5, 5.41) is 2.97. The smallest absolute Gasteiger partial charge is 0.253 e. The average molecular weight is 309 g/mol. The molecule has 1 aliphatic rings. The van der Waals surface area contributed by atoms with E-state index in [4.69, 9.17) is 11.6 Å². The van der Waals surface area contributed by atoms with Crippen LogP contribution in [0.3, 0.4) is 0 Å². The van der Waals surface area contributed by atoms with Crippen molar-refractivity contribution in [3.8, 4) is 0 Å². The third-order valence-corrected chi connectivity index (χ3v) is 3.80. The molecule has 0 unspecified atom stereocenters. The minimum atomic E-state index is -0.585. The number of nitrogens with zero attached hydrogens (tertiary/aromatic N) is 1. The molecule has 0 radical (unpaired) electrons. The molecule has 3 rings (SSSR count). The number of halogens is 3. The molecule has 6 heteroatoms. The highest BCUT2D eigenvalue weighted by Gasteiger charge is 2.42. The zero-order valence-corrected chi connectivity index (χ0v) is 11.6. The Hall–Kier alpha value is -2.01. The van der Waals surface area contributed by atoms with Crippen molar-refractivity contribution in [2.24, 2.45) is 0 Å². The monoisotopic (exact) mass is 308 g/mol. The number of hydrogen-bond donors (Lipinski definition) is 1. The van der Waals surface area contributed by atoms with E-state index >= 15 is 0 Å². The summed E-state index contributed by atoms with van der Waals surface area (Å²) in [6.45, 7) is 0. The van der Waals surface area contributed by atoms with Crippen LogP contribution in [0.25, 0.3) is 0 Å². The lowest BCUT2D eigenvalue weighted by molar-refractivity contribution is 0.0950. The molecule has 2 aromatic rings. The van der Waals surface area contributed by atoms with Gasteiger partial charge in [-0.1, -0.05) is 17.7 Å². The van der Waals surface area contributed by atoms with E-state index < -0.39 is 11.6 Å². The van der Waals surface area contributed by atoms with E-state index in [0.29, 0.717) is 12.0 Å². The Bertz CT molecular complexity index is 688. The van der Waals surface area contributed by atoms with Crippen LogP contribution in [0.4, 0.5) is 8.78 Å². The van der Waals surface area contributed by atoms with Gasteiger partial charge in [-0.15, -0.1) is 0 Å². The lowest BCUT2D eigenvalue weighted by Gasteiger charge is -2.07. The summed E-state index contributed by atoms with van der Waals surface area (Å²) in [6.07, 6.45) is 3.34. The van der Waals surface area contributed by atoms with Crippen LogP contribution in [0.1, 0.15) is 28.3 Å². The van der Waals surface area contributed by atoms with E-state index in [1.807, 2.05) is 0 Å². The molecule has 21 heavy (non-hydrogen) atoms. The summed E-state index contributed by atoms with van der Waals surface area (Å²) in [7, 11) is 0. The van der Waals surface area contributed by atoms with Crippen LogP contribution in [0, 0.1) is 11.6 Å². The highest BCUT2D eigenvalue weighted by Crippen LogP contribution is 2.43. The number of rotatable bonds is 3. The Morgan fingerprint density at radius 1 is 1.29 bits per heavy atom. The molecule has 1 aromatic heterocycles. The summed E-state index contributed by atoms with van der Waals surface area (Å²) in [4.78, 5) is 15.8. The van der Waals surface area contributed by atoms with Gasteiger partial charge >= 0.3 is 0 Å². The van der Waals surface area contributed by atoms with Gasteiger partial charge in [0.2, 0.25) is 0 Å². The molecule has 1 amide bonds. The number of amides is 1. The van der Waals surface area contributed by atoms with Crippen molar-refractivity contribution in [1.82, 2.24) is 10.3 Å². The predicted octanol–water partition coefficient (Wildman–Crippen LogP) is 3.30. The van der Waals surface area contributed by atoms with Gasteiger partial charge in [0.05, 0.1) is 10.6 Å². The second kappa shape index (κ2) is 5.41. The Morgan fingerprint density at radius 3 is 2.67 bits per heavy atom. The molecule has 0 bridgehead atoms. The Balaban J connectivity index is 1.72. The number of nitrogens with one attached hydrogen (secondary N) is 1. The molecule has 3 nitrogen and oxygen atoms in total. The molecule has 1 fully saturated rings. The number of carbonyl (C=O) groups is 1. The quantitative estimate of drug-likeness (QED) is 0.945. The SMILES string of the molecule is O=C(N[C@H]1C[C@@H]1c1c(F)cccc1F)c1ccncc1Cl. The zero-order valence-electron chi connectivity index (χ0n) is 10.8. The lowest BCUT2D eigenvalue weighted by atomic mass is 10.1. The van der Waals surface area contributed by atoms with E-state index in [2.05, 4.69) is 10.3 Å². The van der Waals surface area contributed by atoms with Crippen LogP contribution < -0.4 is 5.32 Å². The summed E-state index contributed by atoms with van der Waals surface area (Å²) in [6, 6.07) is 4.97. The number of pyridine rings is 1. The van der Waals surface area contributed by atoms with Crippen molar-refractivity contribution in [3.63, 3.8) is 0 Å². The molecule has 1 heterocycles. The lowest BCUT2D eigenvalue weighted by Crippen LogP contribution is -2.27. The highest BCUT2D eigenvalue weighted by molar-refractivity contribution is 6.33. The van der Waals surface area contributed by atoms with Crippen LogP contribution in [0.5, 0.6) is 0 Å². The predicted molar refractivity (Wildman–Crippen MR) is 74.2 cm³/mol. The first-order valence-electron chi connectivity index (χ1n) is 6.42. The van der Waals surface area contributed by atoms with Gasteiger partial charge in [0.1, 0.15) is 11.6 Å². The third kappa shape index (κ3) is 2.74. The number of carbonyl (C=O) groups excluding carboxylic acids is 1. The number of benzene rings is 1. The Labute approximate surface area is 125 Å². The van der Waals surface area contributed by atoms with Gasteiger partial charge in [-0.3, -0.25) is 9.78 Å². The summed E-state index contributed by atoms with van der Waals surface area (Å²) >= 11 is 5.88. The number of aromatic nitrogens is 1. The molecule has 0 aliphatic heterocycles. The summed E-state index contributed by atoms with van der Waals surface area (Å²) < 4.78 is 27.3. The summed E-state index contributed by atoms with van der Waals surface area (Å²) in [5.74, 6) is -1.88. The first-order valence-corrected chi connectivity index (χ1v) is 6.80. The van der Waals surface area contributed by atoms with Gasteiger partial charge in [0.15, 0.2) is 0 Å². The molecule has 2 atom stereocenters. The van der Waals surface area contributed by atoms with Gasteiger partial charge < -0.3 is 5.32 Å². The van der Waals surface area contributed by atoms with Crippen molar-refractivity contribution in [2.75, 3.05) is 0 Å². The molecule has 1 saturated carbocycles. The molecule has 108 valence electrons. The van der Waals surface area contributed by atoms with Crippen molar-refractivity contribution in [1.29, 1.82) is 0 Å².